The summed E-state index contributed by atoms with van der Waals surface area (Å²) in [7, 11) is -0.200. The minimum absolute atomic E-state index is 0. The van der Waals surface area contributed by atoms with E-state index in [4.69, 9.17) is 11.7 Å². The molecule has 0 spiro atoms. The second-order valence-electron chi connectivity index (χ2n) is 4.33. The summed E-state index contributed by atoms with van der Waals surface area (Å²) < 4.78 is 14.2. The summed E-state index contributed by atoms with van der Waals surface area (Å²) in [4.78, 5) is 0. The van der Waals surface area contributed by atoms with Crippen LogP contribution in [-0.4, -0.2) is 18.3 Å². The molecule has 3 nitrogen and oxygen atoms in total. The first-order chi connectivity index (χ1) is 7.95. The van der Waals surface area contributed by atoms with Crippen molar-refractivity contribution in [3.05, 3.63) is 12.7 Å². The Morgan fingerprint density at radius 2 is 1.26 bits per heavy atom. The quantitative estimate of drug-likeness (QED) is 0.249. The predicted molar refractivity (Wildman–Crippen MR) is 74.1 cm³/mol. The number of allylic oxidation sites excluding steroid dienone is 1. The summed E-state index contributed by atoms with van der Waals surface area (Å²) in [5.41, 5.74) is 0. The normalized spacial score (nSPS) is 6.96. The molecule has 0 aromatic rings. The van der Waals surface area contributed by atoms with Crippen molar-refractivity contribution >= 4 is 8.69 Å². The van der Waals surface area contributed by atoms with Gasteiger partial charge in [-0.25, -0.2) is 4.57 Å². The molecule has 122 valence electrons. The fourth-order valence-electron chi connectivity index (χ4n) is 0.584. The zero-order valence-corrected chi connectivity index (χ0v) is 33.2. The summed E-state index contributed by atoms with van der Waals surface area (Å²) >= 11 is 0. The molecule has 0 aromatic carbocycles. The third kappa shape index (κ3) is 95.5. The molecule has 0 amide bonds. The predicted octanol–water partition coefficient (Wildman–Crippen LogP) is 4.26. The molecule has 0 aliphatic rings. The summed E-state index contributed by atoms with van der Waals surface area (Å²) in [5, 5.41) is 8.24. The van der Waals surface area contributed by atoms with Gasteiger partial charge in [0.15, 0.2) is 0 Å². The second kappa shape index (κ2) is 56.6. The molecule has 0 heterocycles. The molecule has 0 fully saturated rings. The van der Waals surface area contributed by atoms with Crippen molar-refractivity contribution in [1.82, 2.24) is 0 Å². The Hall–Kier alpha value is 6.38. The van der Waals surface area contributed by atoms with Crippen LogP contribution < -0.4 is 0 Å². The number of hydrogen-bond donors (Lipinski definition) is 1. The first-order valence-electron chi connectivity index (χ1n) is 6.01. The van der Waals surface area contributed by atoms with Gasteiger partial charge in [0, 0.05) is 203 Å². The molecule has 1 N–H and O–H groups in total. The molecule has 10 heteroatoms. The standard InChI is InChI=1S/C5H11O2P.C5H12O.C3H5.6Y/c1-5(2)3-4-7-8-6;1-5(2)3-4-6;1-3-2;;;;;;/h5H,3-4H2,1-2H3;5-6H,3-4H2,1-2H3;1,3H,2H3;;;;;;/q;;-1;;;;;;. The molecule has 0 aliphatic carbocycles. The van der Waals surface area contributed by atoms with Gasteiger partial charge in [-0.15, -0.1) is 0 Å². The van der Waals surface area contributed by atoms with Crippen LogP contribution >= 0.6 is 8.69 Å². The maximum Gasteiger partial charge on any atom is 0.327 e. The van der Waals surface area contributed by atoms with Gasteiger partial charge in [0.1, 0.15) is 0 Å². The minimum Gasteiger partial charge on any atom is -0.518 e. The smallest absolute Gasteiger partial charge is 0.327 e. The van der Waals surface area contributed by atoms with Gasteiger partial charge in [0.2, 0.25) is 0 Å². The van der Waals surface area contributed by atoms with Gasteiger partial charge >= 0.3 is 8.69 Å². The monoisotopic (exact) mass is 797 g/mol. The van der Waals surface area contributed by atoms with E-state index in [9.17, 15) is 4.57 Å². The van der Waals surface area contributed by atoms with Crippen molar-refractivity contribution in [1.29, 1.82) is 0 Å². The van der Waals surface area contributed by atoms with Gasteiger partial charge < -0.3 is 11.7 Å². The number of aliphatic hydroxyl groups is 1. The molecular weight excluding hydrogens is 769 g/mol. The van der Waals surface area contributed by atoms with Crippen LogP contribution in [0.15, 0.2) is 6.08 Å². The van der Waals surface area contributed by atoms with E-state index >= 15 is 0 Å². The average molecular weight is 797 g/mol. The number of aliphatic hydroxyl groups excluding tert-OH is 1. The Kier molecular flexibility index (Phi) is 140. The molecule has 0 bridgehead atoms. The zero-order chi connectivity index (χ0) is 14.1. The van der Waals surface area contributed by atoms with Crippen LogP contribution in [0.5, 0.6) is 0 Å². The van der Waals surface area contributed by atoms with Crippen LogP contribution in [0.2, 0.25) is 0 Å². The van der Waals surface area contributed by atoms with Gasteiger partial charge in [-0.3, -0.25) is 10.6 Å². The summed E-state index contributed by atoms with van der Waals surface area (Å²) in [6.07, 6.45) is 3.41. The van der Waals surface area contributed by atoms with Crippen molar-refractivity contribution in [3.8, 4) is 0 Å². The van der Waals surface area contributed by atoms with Crippen LogP contribution in [0.3, 0.4) is 0 Å². The van der Waals surface area contributed by atoms with Crippen molar-refractivity contribution in [2.24, 2.45) is 11.8 Å². The molecule has 0 aliphatic heterocycles. The Bertz CT molecular complexity index is 167. The topological polar surface area (TPSA) is 46.5 Å². The largest absolute Gasteiger partial charge is 0.518 e. The van der Waals surface area contributed by atoms with E-state index in [1.165, 1.54) is 6.08 Å². The average Bonchev–Trinajstić information content (AvgIpc) is 2.19. The minimum atomic E-state index is -0.200. The number of hydrogen-bond acceptors (Lipinski definition) is 3. The fraction of sp³-hybridized carbons (Fsp3) is 0.846. The molecule has 0 rings (SSSR count). The SMILES string of the molecule is CC(C)CCO.CC(C)CCOP=O.[CH-]=CC.[Y].[Y].[Y].[Y].[Y].[Y]. The van der Waals surface area contributed by atoms with E-state index in [1.54, 1.807) is 6.92 Å². The van der Waals surface area contributed by atoms with E-state index < -0.39 is 0 Å². The second-order valence-corrected chi connectivity index (χ2v) is 4.74. The fourth-order valence-corrected chi connectivity index (χ4v) is 0.764. The first kappa shape index (κ1) is 57.0. The Balaban J connectivity index is -0.0000000172. The van der Waals surface area contributed by atoms with Crippen LogP contribution in [0.25, 0.3) is 0 Å². The Morgan fingerprint density at radius 1 is 0.957 bits per heavy atom. The van der Waals surface area contributed by atoms with Crippen molar-refractivity contribution < 1.29 is 210 Å². The molecule has 6 radical (unpaired) electrons. The van der Waals surface area contributed by atoms with Gasteiger partial charge in [-0.1, -0.05) is 34.6 Å². The molecular formula is C13H28O3PY6-. The first-order valence-corrected chi connectivity index (χ1v) is 6.74. The van der Waals surface area contributed by atoms with Crippen molar-refractivity contribution in [3.63, 3.8) is 0 Å². The molecule has 0 atom stereocenters. The summed E-state index contributed by atoms with van der Waals surface area (Å²) in [6, 6.07) is 0. The maximum absolute atomic E-state index is 9.66. The molecule has 23 heavy (non-hydrogen) atoms. The van der Waals surface area contributed by atoms with Crippen molar-refractivity contribution in [2.45, 2.75) is 47.5 Å². The third-order valence-electron chi connectivity index (χ3n) is 1.55. The number of rotatable bonds is 6. The summed E-state index contributed by atoms with van der Waals surface area (Å²) in [5.74, 6) is 1.28. The van der Waals surface area contributed by atoms with Gasteiger partial charge in [0.05, 0.1) is 6.61 Å². The third-order valence-corrected chi connectivity index (χ3v) is 1.83. The van der Waals surface area contributed by atoms with Crippen molar-refractivity contribution in [2.75, 3.05) is 13.2 Å². The van der Waals surface area contributed by atoms with Crippen LogP contribution in [0.4, 0.5) is 0 Å². The van der Waals surface area contributed by atoms with E-state index in [2.05, 4.69) is 32.2 Å². The molecule has 0 saturated heterocycles. The van der Waals surface area contributed by atoms with Gasteiger partial charge in [-0.2, -0.15) is 0 Å². The van der Waals surface area contributed by atoms with E-state index in [0.29, 0.717) is 25.0 Å². The molecule has 0 unspecified atom stereocenters. The Labute approximate surface area is 297 Å². The zero-order valence-electron chi connectivity index (χ0n) is 15.3. The van der Waals surface area contributed by atoms with E-state index in [1.807, 2.05) is 0 Å². The van der Waals surface area contributed by atoms with Gasteiger partial charge in [0.25, 0.3) is 0 Å². The Morgan fingerprint density at radius 3 is 1.39 bits per heavy atom. The van der Waals surface area contributed by atoms with Crippen LogP contribution in [-0.2, 0) is 205 Å². The maximum atomic E-state index is 9.66. The van der Waals surface area contributed by atoms with Gasteiger partial charge in [-0.05, 0) is 24.7 Å². The van der Waals surface area contributed by atoms with Crippen LogP contribution in [0, 0.1) is 18.4 Å². The molecule has 0 saturated carbocycles. The van der Waals surface area contributed by atoms with E-state index in [0.717, 1.165) is 12.8 Å². The van der Waals surface area contributed by atoms with E-state index in [-0.39, 0.29) is 205 Å². The summed E-state index contributed by atoms with van der Waals surface area (Å²) in [6.45, 7) is 15.8. The van der Waals surface area contributed by atoms with Crippen LogP contribution in [0.1, 0.15) is 47.5 Å². The molecule has 0 aromatic heterocycles.